The molecule has 1 aromatic carbocycles. The lowest BCUT2D eigenvalue weighted by molar-refractivity contribution is 0.353. The molecule has 0 amide bonds. The third-order valence-electron chi connectivity index (χ3n) is 3.39. The van der Waals surface area contributed by atoms with Gasteiger partial charge >= 0.3 is 0 Å². The van der Waals surface area contributed by atoms with Crippen molar-refractivity contribution < 1.29 is 14.2 Å². The number of ether oxygens (including phenoxy) is 1. The average Bonchev–Trinajstić information content (AvgIpc) is 2.35. The summed E-state index contributed by atoms with van der Waals surface area (Å²) < 4.78 is 18.8. The third-order valence-corrected chi connectivity index (χ3v) is 3.39. The molecular formula is C13H18FNO2. The van der Waals surface area contributed by atoms with E-state index in [1.54, 1.807) is 6.92 Å². The van der Waals surface area contributed by atoms with E-state index in [-0.39, 0.29) is 17.4 Å². The lowest BCUT2D eigenvalue weighted by Crippen LogP contribution is -2.26. The van der Waals surface area contributed by atoms with E-state index in [0.29, 0.717) is 5.56 Å². The highest BCUT2D eigenvalue weighted by Gasteiger charge is 2.23. The van der Waals surface area contributed by atoms with Gasteiger partial charge in [-0.1, -0.05) is 0 Å². The van der Waals surface area contributed by atoms with Gasteiger partial charge in [0.05, 0.1) is 7.11 Å². The Labute approximate surface area is 101 Å². The monoisotopic (exact) mass is 239 g/mol. The molecule has 0 aromatic heterocycles. The fourth-order valence-corrected chi connectivity index (χ4v) is 2.47. The number of rotatable bonds is 2. The third kappa shape index (κ3) is 2.22. The fraction of sp³-hybridized carbons (Fsp3) is 0.538. The van der Waals surface area contributed by atoms with Crippen molar-refractivity contribution in [3.8, 4) is 11.5 Å². The molecule has 0 radical (unpaired) electrons. The van der Waals surface area contributed by atoms with Gasteiger partial charge in [0.2, 0.25) is 5.82 Å². The van der Waals surface area contributed by atoms with E-state index in [4.69, 9.17) is 4.74 Å². The smallest absolute Gasteiger partial charge is 0.207 e. The van der Waals surface area contributed by atoms with Gasteiger partial charge in [-0.05, 0) is 50.4 Å². The first kappa shape index (κ1) is 12.2. The normalized spacial score (nSPS) is 17.1. The Morgan fingerprint density at radius 1 is 1.41 bits per heavy atom. The number of nitrogens with one attached hydrogen (secondary N) is 1. The topological polar surface area (TPSA) is 41.5 Å². The molecule has 1 aliphatic rings. The zero-order valence-corrected chi connectivity index (χ0v) is 10.2. The molecule has 1 aliphatic heterocycles. The zero-order chi connectivity index (χ0) is 12.4. The number of halogens is 1. The molecule has 1 fully saturated rings. The molecule has 94 valence electrons. The van der Waals surface area contributed by atoms with Crippen LogP contribution in [-0.4, -0.2) is 25.3 Å². The molecule has 17 heavy (non-hydrogen) atoms. The van der Waals surface area contributed by atoms with Crippen LogP contribution in [0.5, 0.6) is 11.5 Å². The SMILES string of the molecule is COc1c(C)cc(C2CCNCC2)c(O)c1F. The largest absolute Gasteiger partial charge is 0.505 e. The molecule has 0 spiro atoms. The summed E-state index contributed by atoms with van der Waals surface area (Å²) in [6, 6.07) is 1.84. The van der Waals surface area contributed by atoms with E-state index in [1.807, 2.05) is 6.07 Å². The van der Waals surface area contributed by atoms with E-state index in [2.05, 4.69) is 5.32 Å². The lowest BCUT2D eigenvalue weighted by atomic mass is 9.88. The Balaban J connectivity index is 2.40. The number of hydrogen-bond donors (Lipinski definition) is 2. The molecular weight excluding hydrogens is 221 g/mol. The molecule has 0 unspecified atom stereocenters. The van der Waals surface area contributed by atoms with Gasteiger partial charge in [0.15, 0.2) is 11.5 Å². The predicted octanol–water partition coefficient (Wildman–Crippen LogP) is 2.32. The maximum atomic E-state index is 13.9. The highest BCUT2D eigenvalue weighted by Crippen LogP contribution is 2.39. The minimum Gasteiger partial charge on any atom is -0.505 e. The van der Waals surface area contributed by atoms with Crippen LogP contribution < -0.4 is 10.1 Å². The van der Waals surface area contributed by atoms with Gasteiger partial charge in [0.25, 0.3) is 0 Å². The molecule has 1 heterocycles. The summed E-state index contributed by atoms with van der Waals surface area (Å²) in [5, 5.41) is 13.2. The second-order valence-corrected chi connectivity index (χ2v) is 4.50. The van der Waals surface area contributed by atoms with Crippen molar-refractivity contribution >= 4 is 0 Å². The molecule has 0 aliphatic carbocycles. The molecule has 1 saturated heterocycles. The standard InChI is InChI=1S/C13H18FNO2/c1-8-7-10(9-3-5-15-6-4-9)12(16)11(14)13(8)17-2/h7,9,15-16H,3-6H2,1-2H3. The van der Waals surface area contributed by atoms with Gasteiger partial charge < -0.3 is 15.2 Å². The highest BCUT2D eigenvalue weighted by atomic mass is 19.1. The van der Waals surface area contributed by atoms with Crippen LogP contribution in [0, 0.1) is 12.7 Å². The number of aryl methyl sites for hydroxylation is 1. The lowest BCUT2D eigenvalue weighted by Gasteiger charge is -2.24. The van der Waals surface area contributed by atoms with Crippen LogP contribution >= 0.6 is 0 Å². The van der Waals surface area contributed by atoms with Crippen molar-refractivity contribution in [1.29, 1.82) is 0 Å². The molecule has 0 saturated carbocycles. The summed E-state index contributed by atoms with van der Waals surface area (Å²) in [6.07, 6.45) is 1.86. The van der Waals surface area contributed by atoms with Crippen molar-refractivity contribution in [3.63, 3.8) is 0 Å². The van der Waals surface area contributed by atoms with Crippen molar-refractivity contribution in [2.75, 3.05) is 20.2 Å². The maximum Gasteiger partial charge on any atom is 0.207 e. The van der Waals surface area contributed by atoms with Crippen LogP contribution in [0.4, 0.5) is 4.39 Å². The van der Waals surface area contributed by atoms with Gasteiger partial charge in [0, 0.05) is 5.56 Å². The number of phenolic OH excluding ortho intramolecular Hbond substituents is 1. The Kier molecular flexibility index (Phi) is 3.52. The number of hydrogen-bond acceptors (Lipinski definition) is 3. The summed E-state index contributed by atoms with van der Waals surface area (Å²) in [5.74, 6) is -0.518. The van der Waals surface area contributed by atoms with E-state index in [0.717, 1.165) is 31.5 Å². The first-order valence-electron chi connectivity index (χ1n) is 5.91. The summed E-state index contributed by atoms with van der Waals surface area (Å²) in [4.78, 5) is 0. The molecule has 0 bridgehead atoms. The minimum absolute atomic E-state index is 0.139. The number of benzene rings is 1. The number of piperidine rings is 1. The molecule has 1 aromatic rings. The van der Waals surface area contributed by atoms with Crippen LogP contribution in [0.2, 0.25) is 0 Å². The summed E-state index contributed by atoms with van der Waals surface area (Å²) in [7, 11) is 1.41. The van der Waals surface area contributed by atoms with E-state index in [1.165, 1.54) is 7.11 Å². The Hall–Kier alpha value is -1.29. The van der Waals surface area contributed by atoms with E-state index >= 15 is 0 Å². The second kappa shape index (κ2) is 4.92. The highest BCUT2D eigenvalue weighted by molar-refractivity contribution is 5.48. The first-order chi connectivity index (χ1) is 8.15. The zero-order valence-electron chi connectivity index (χ0n) is 10.2. The van der Waals surface area contributed by atoms with Crippen molar-refractivity contribution in [3.05, 3.63) is 23.0 Å². The Morgan fingerprint density at radius 3 is 2.65 bits per heavy atom. The van der Waals surface area contributed by atoms with Gasteiger partial charge in [-0.15, -0.1) is 0 Å². The van der Waals surface area contributed by atoms with Crippen LogP contribution in [0.3, 0.4) is 0 Å². The Morgan fingerprint density at radius 2 is 2.06 bits per heavy atom. The van der Waals surface area contributed by atoms with Crippen molar-refractivity contribution in [2.45, 2.75) is 25.7 Å². The van der Waals surface area contributed by atoms with Crippen molar-refractivity contribution in [2.24, 2.45) is 0 Å². The Bertz CT molecular complexity index is 414. The van der Waals surface area contributed by atoms with E-state index < -0.39 is 5.82 Å². The summed E-state index contributed by atoms with van der Waals surface area (Å²) in [6.45, 7) is 3.62. The summed E-state index contributed by atoms with van der Waals surface area (Å²) >= 11 is 0. The summed E-state index contributed by atoms with van der Waals surface area (Å²) in [5.41, 5.74) is 1.44. The molecule has 4 heteroatoms. The fourth-order valence-electron chi connectivity index (χ4n) is 2.47. The number of methoxy groups -OCH3 is 1. The maximum absolute atomic E-state index is 13.9. The minimum atomic E-state index is -0.638. The number of phenols is 1. The van der Waals surface area contributed by atoms with Crippen LogP contribution in [0.1, 0.15) is 29.9 Å². The molecule has 2 N–H and O–H groups in total. The number of aromatic hydroxyl groups is 1. The molecule has 3 nitrogen and oxygen atoms in total. The average molecular weight is 239 g/mol. The second-order valence-electron chi connectivity index (χ2n) is 4.50. The van der Waals surface area contributed by atoms with E-state index in [9.17, 15) is 9.50 Å². The quantitative estimate of drug-likeness (QED) is 0.832. The predicted molar refractivity (Wildman–Crippen MR) is 64.2 cm³/mol. The van der Waals surface area contributed by atoms with Gasteiger partial charge in [-0.2, -0.15) is 4.39 Å². The van der Waals surface area contributed by atoms with Crippen LogP contribution in [0.15, 0.2) is 6.07 Å². The van der Waals surface area contributed by atoms with Gasteiger partial charge in [-0.25, -0.2) is 0 Å². The van der Waals surface area contributed by atoms with Gasteiger partial charge in [-0.3, -0.25) is 0 Å². The van der Waals surface area contributed by atoms with Crippen LogP contribution in [-0.2, 0) is 0 Å². The molecule has 0 atom stereocenters. The van der Waals surface area contributed by atoms with Crippen molar-refractivity contribution in [1.82, 2.24) is 5.32 Å². The molecule has 2 rings (SSSR count). The van der Waals surface area contributed by atoms with Gasteiger partial charge in [0.1, 0.15) is 0 Å². The first-order valence-corrected chi connectivity index (χ1v) is 5.91. The van der Waals surface area contributed by atoms with Crippen LogP contribution in [0.25, 0.3) is 0 Å².